The molecular weight excluding hydrogens is 288 g/mol. The molecule has 0 aliphatic rings. The molecule has 21 heavy (non-hydrogen) atoms. The second-order valence-corrected chi connectivity index (χ2v) is 7.29. The number of nitrogens with one attached hydrogen (secondary N) is 1. The molecule has 0 saturated carbocycles. The standard InChI is InChI=1S/C15H22N2O3S/c1-13(2)12-20-8-6-17-7-9-21(18,19)15-5-3-4-14(10-15)11-16/h3-5,10,13,17H,6-9,12H2,1-2H3. The highest BCUT2D eigenvalue weighted by molar-refractivity contribution is 7.91. The molecule has 0 radical (unpaired) electrons. The normalized spacial score (nSPS) is 11.5. The molecule has 0 bridgehead atoms. The smallest absolute Gasteiger partial charge is 0.179 e. The topological polar surface area (TPSA) is 79.2 Å². The van der Waals surface area contributed by atoms with E-state index in [1.165, 1.54) is 12.1 Å². The average Bonchev–Trinajstić information content (AvgIpc) is 2.46. The summed E-state index contributed by atoms with van der Waals surface area (Å²) < 4.78 is 29.6. The van der Waals surface area contributed by atoms with Gasteiger partial charge in [0.1, 0.15) is 0 Å². The monoisotopic (exact) mass is 310 g/mol. The number of benzene rings is 1. The van der Waals surface area contributed by atoms with Crippen molar-refractivity contribution in [3.05, 3.63) is 29.8 Å². The van der Waals surface area contributed by atoms with E-state index in [0.717, 1.165) is 0 Å². The lowest BCUT2D eigenvalue weighted by molar-refractivity contribution is 0.112. The first kappa shape index (κ1) is 17.6. The molecule has 0 aliphatic heterocycles. The van der Waals surface area contributed by atoms with Crippen LogP contribution in [-0.4, -0.2) is 40.5 Å². The van der Waals surface area contributed by atoms with Crippen molar-refractivity contribution in [2.24, 2.45) is 5.92 Å². The molecule has 1 rings (SSSR count). The van der Waals surface area contributed by atoms with E-state index in [-0.39, 0.29) is 10.6 Å². The van der Waals surface area contributed by atoms with Gasteiger partial charge >= 0.3 is 0 Å². The Morgan fingerprint density at radius 1 is 1.33 bits per heavy atom. The van der Waals surface area contributed by atoms with E-state index in [4.69, 9.17) is 10.00 Å². The third-order valence-corrected chi connectivity index (χ3v) is 4.46. The number of rotatable bonds is 9. The average molecular weight is 310 g/mol. The molecule has 1 aromatic carbocycles. The number of hydrogen-bond donors (Lipinski definition) is 1. The molecule has 0 aliphatic carbocycles. The fraction of sp³-hybridized carbons (Fsp3) is 0.533. The Morgan fingerprint density at radius 2 is 2.10 bits per heavy atom. The van der Waals surface area contributed by atoms with Crippen molar-refractivity contribution in [1.82, 2.24) is 5.32 Å². The van der Waals surface area contributed by atoms with Crippen LogP contribution in [0.1, 0.15) is 19.4 Å². The minimum atomic E-state index is -3.35. The lowest BCUT2D eigenvalue weighted by atomic mass is 10.2. The zero-order chi connectivity index (χ0) is 15.7. The molecule has 5 nitrogen and oxygen atoms in total. The Balaban J connectivity index is 2.35. The van der Waals surface area contributed by atoms with E-state index in [9.17, 15) is 8.42 Å². The summed E-state index contributed by atoms with van der Waals surface area (Å²) >= 11 is 0. The van der Waals surface area contributed by atoms with E-state index in [1.54, 1.807) is 12.1 Å². The van der Waals surface area contributed by atoms with Gasteiger partial charge in [-0.3, -0.25) is 0 Å². The Labute approximate surface area is 126 Å². The fourth-order valence-corrected chi connectivity index (χ4v) is 2.91. The van der Waals surface area contributed by atoms with Crippen LogP contribution in [0.5, 0.6) is 0 Å². The zero-order valence-corrected chi connectivity index (χ0v) is 13.3. The number of sulfone groups is 1. The molecule has 1 aromatic rings. The Kier molecular flexibility index (Phi) is 7.37. The highest BCUT2D eigenvalue weighted by Gasteiger charge is 2.14. The summed E-state index contributed by atoms with van der Waals surface area (Å²) in [6.45, 7) is 6.43. The second-order valence-electron chi connectivity index (χ2n) is 5.18. The number of hydrogen-bond acceptors (Lipinski definition) is 5. The molecule has 0 fully saturated rings. The van der Waals surface area contributed by atoms with Crippen LogP contribution in [0.2, 0.25) is 0 Å². The van der Waals surface area contributed by atoms with E-state index < -0.39 is 9.84 Å². The van der Waals surface area contributed by atoms with Crippen molar-refractivity contribution in [3.8, 4) is 6.07 Å². The van der Waals surface area contributed by atoms with Gasteiger partial charge in [-0.1, -0.05) is 19.9 Å². The van der Waals surface area contributed by atoms with Crippen molar-refractivity contribution in [1.29, 1.82) is 5.26 Å². The maximum Gasteiger partial charge on any atom is 0.179 e. The van der Waals surface area contributed by atoms with Crippen LogP contribution in [0.3, 0.4) is 0 Å². The maximum absolute atomic E-state index is 12.1. The molecule has 6 heteroatoms. The Hall–Kier alpha value is -1.42. The minimum absolute atomic E-state index is 0.00601. The third kappa shape index (κ3) is 6.71. The number of nitriles is 1. The van der Waals surface area contributed by atoms with Gasteiger partial charge in [0.05, 0.1) is 28.9 Å². The van der Waals surface area contributed by atoms with Crippen molar-refractivity contribution < 1.29 is 13.2 Å². The third-order valence-electron chi connectivity index (χ3n) is 2.74. The molecular formula is C15H22N2O3S. The van der Waals surface area contributed by atoms with Gasteiger partial charge in [0, 0.05) is 19.7 Å². The molecule has 0 unspecified atom stereocenters. The minimum Gasteiger partial charge on any atom is -0.380 e. The second kappa shape index (κ2) is 8.78. The fourth-order valence-electron chi connectivity index (χ4n) is 1.67. The predicted molar refractivity (Wildman–Crippen MR) is 81.7 cm³/mol. The van der Waals surface area contributed by atoms with Gasteiger partial charge in [0.2, 0.25) is 0 Å². The molecule has 1 N–H and O–H groups in total. The van der Waals surface area contributed by atoms with Crippen molar-refractivity contribution in [2.75, 3.05) is 32.1 Å². The first-order valence-electron chi connectivity index (χ1n) is 6.97. The predicted octanol–water partition coefficient (Wildman–Crippen LogP) is 1.59. The summed E-state index contributed by atoms with van der Waals surface area (Å²) in [6.07, 6.45) is 0. The van der Waals surface area contributed by atoms with Crippen LogP contribution in [0.4, 0.5) is 0 Å². The van der Waals surface area contributed by atoms with Crippen LogP contribution in [0, 0.1) is 17.2 Å². The maximum atomic E-state index is 12.1. The summed E-state index contributed by atoms with van der Waals surface area (Å²) in [5.74, 6) is 0.504. The van der Waals surface area contributed by atoms with E-state index in [1.807, 2.05) is 6.07 Å². The molecule has 0 amide bonds. The first-order valence-corrected chi connectivity index (χ1v) is 8.62. The SMILES string of the molecule is CC(C)COCCNCCS(=O)(=O)c1cccc(C#N)c1. The van der Waals surface area contributed by atoms with Crippen LogP contribution >= 0.6 is 0 Å². The summed E-state index contributed by atoms with van der Waals surface area (Å²) in [6, 6.07) is 8.03. The van der Waals surface area contributed by atoms with Gasteiger partial charge in [-0.25, -0.2) is 8.42 Å². The van der Waals surface area contributed by atoms with Gasteiger partial charge in [0.25, 0.3) is 0 Å². The largest absolute Gasteiger partial charge is 0.380 e. The summed E-state index contributed by atoms with van der Waals surface area (Å²) in [4.78, 5) is 0.194. The van der Waals surface area contributed by atoms with Crippen molar-refractivity contribution >= 4 is 9.84 Å². The Bertz CT molecular complexity index is 577. The summed E-state index contributed by atoms with van der Waals surface area (Å²) in [5.41, 5.74) is 0.353. The van der Waals surface area contributed by atoms with Crippen molar-refractivity contribution in [2.45, 2.75) is 18.7 Å². The number of ether oxygens (including phenoxy) is 1. The summed E-state index contributed by atoms with van der Waals surface area (Å²) in [7, 11) is -3.35. The van der Waals surface area contributed by atoms with Crippen LogP contribution in [0.25, 0.3) is 0 Å². The lowest BCUT2D eigenvalue weighted by Crippen LogP contribution is -2.26. The Morgan fingerprint density at radius 3 is 2.76 bits per heavy atom. The van der Waals surface area contributed by atoms with E-state index >= 15 is 0 Å². The molecule has 116 valence electrons. The van der Waals surface area contributed by atoms with Gasteiger partial charge in [0.15, 0.2) is 9.84 Å². The first-order chi connectivity index (χ1) is 9.95. The quantitative estimate of drug-likeness (QED) is 0.701. The zero-order valence-electron chi connectivity index (χ0n) is 12.5. The van der Waals surface area contributed by atoms with E-state index in [2.05, 4.69) is 19.2 Å². The van der Waals surface area contributed by atoms with Crippen LogP contribution in [-0.2, 0) is 14.6 Å². The number of nitrogens with zero attached hydrogens (tertiary/aromatic N) is 1. The molecule has 0 spiro atoms. The van der Waals surface area contributed by atoms with Gasteiger partial charge in [-0.05, 0) is 24.1 Å². The highest BCUT2D eigenvalue weighted by Crippen LogP contribution is 2.12. The molecule has 0 saturated heterocycles. The van der Waals surface area contributed by atoms with Crippen LogP contribution < -0.4 is 5.32 Å². The molecule has 0 heterocycles. The lowest BCUT2D eigenvalue weighted by Gasteiger charge is -2.08. The van der Waals surface area contributed by atoms with E-state index in [0.29, 0.717) is 37.8 Å². The van der Waals surface area contributed by atoms with Gasteiger partial charge in [-0.15, -0.1) is 0 Å². The molecule has 0 atom stereocenters. The van der Waals surface area contributed by atoms with Crippen LogP contribution in [0.15, 0.2) is 29.2 Å². The van der Waals surface area contributed by atoms with Gasteiger partial charge < -0.3 is 10.1 Å². The highest BCUT2D eigenvalue weighted by atomic mass is 32.2. The van der Waals surface area contributed by atoms with Crippen molar-refractivity contribution in [3.63, 3.8) is 0 Å². The molecule has 0 aromatic heterocycles. The summed E-state index contributed by atoms with van der Waals surface area (Å²) in [5, 5.41) is 11.8. The van der Waals surface area contributed by atoms with Gasteiger partial charge in [-0.2, -0.15) is 5.26 Å².